The molecule has 0 atom stereocenters. The van der Waals surface area contributed by atoms with E-state index in [-0.39, 0.29) is 11.3 Å². The lowest BCUT2D eigenvalue weighted by atomic mass is 10.3. The van der Waals surface area contributed by atoms with Crippen LogP contribution >= 0.6 is 0 Å². The van der Waals surface area contributed by atoms with Gasteiger partial charge in [-0.1, -0.05) is 6.92 Å². The highest BCUT2D eigenvalue weighted by molar-refractivity contribution is 5.46. The van der Waals surface area contributed by atoms with Crippen LogP contribution in [0.2, 0.25) is 0 Å². The van der Waals surface area contributed by atoms with Gasteiger partial charge in [0.05, 0.1) is 12.8 Å². The maximum atomic E-state index is 11.8. The Labute approximate surface area is 86.7 Å². The van der Waals surface area contributed by atoms with Crippen molar-refractivity contribution in [2.75, 3.05) is 6.61 Å². The van der Waals surface area contributed by atoms with Gasteiger partial charge in [-0.05, 0) is 13.3 Å². The lowest BCUT2D eigenvalue weighted by Gasteiger charge is -2.01. The average Bonchev–Trinajstić information content (AvgIpc) is 2.66. The van der Waals surface area contributed by atoms with E-state index in [4.69, 9.17) is 4.74 Å². The van der Waals surface area contributed by atoms with Gasteiger partial charge in [0, 0.05) is 11.8 Å². The van der Waals surface area contributed by atoms with E-state index in [1.165, 1.54) is 10.7 Å². The molecule has 2 aromatic rings. The molecule has 0 saturated heterocycles. The Balaban J connectivity index is 2.65. The fourth-order valence-corrected chi connectivity index (χ4v) is 1.51. The van der Waals surface area contributed by atoms with Gasteiger partial charge in [-0.15, -0.1) is 0 Å². The summed E-state index contributed by atoms with van der Waals surface area (Å²) in [6.07, 6.45) is 4.11. The molecule has 0 aliphatic carbocycles. The van der Waals surface area contributed by atoms with Crippen molar-refractivity contribution in [2.24, 2.45) is 0 Å². The molecular weight excluding hydrogens is 194 g/mol. The molecule has 0 radical (unpaired) electrons. The first-order chi connectivity index (χ1) is 7.27. The predicted octanol–water partition coefficient (Wildman–Crippen LogP) is 0.984. The third kappa shape index (κ3) is 1.49. The number of hydrogen-bond donors (Lipinski definition) is 1. The Bertz CT molecular complexity index is 527. The van der Waals surface area contributed by atoms with Gasteiger partial charge in [-0.25, -0.2) is 4.98 Å². The minimum absolute atomic E-state index is 0.193. The predicted molar refractivity (Wildman–Crippen MR) is 56.4 cm³/mol. The van der Waals surface area contributed by atoms with Crippen LogP contribution in [0.1, 0.15) is 19.4 Å². The minimum Gasteiger partial charge on any atom is -0.487 e. The standard InChI is InChI=1S/C10H13N3O2/c1-3-7-5-12-13-9(7)11-6-8(10(13)14)15-4-2/h5-6,12H,3-4H2,1-2H3. The van der Waals surface area contributed by atoms with E-state index >= 15 is 0 Å². The summed E-state index contributed by atoms with van der Waals surface area (Å²) in [6.45, 7) is 4.32. The molecule has 0 aliphatic rings. The molecule has 2 aromatic heterocycles. The largest absolute Gasteiger partial charge is 0.487 e. The van der Waals surface area contributed by atoms with Gasteiger partial charge in [0.15, 0.2) is 5.65 Å². The van der Waals surface area contributed by atoms with Crippen LogP contribution in [0.25, 0.3) is 5.65 Å². The maximum absolute atomic E-state index is 11.8. The molecule has 0 amide bonds. The number of hydrogen-bond acceptors (Lipinski definition) is 3. The zero-order valence-corrected chi connectivity index (χ0v) is 8.78. The van der Waals surface area contributed by atoms with Gasteiger partial charge in [0.2, 0.25) is 5.75 Å². The monoisotopic (exact) mass is 207 g/mol. The summed E-state index contributed by atoms with van der Waals surface area (Å²) >= 11 is 0. The van der Waals surface area contributed by atoms with Crippen molar-refractivity contribution in [1.29, 1.82) is 0 Å². The molecule has 5 heteroatoms. The van der Waals surface area contributed by atoms with E-state index < -0.39 is 0 Å². The lowest BCUT2D eigenvalue weighted by Crippen LogP contribution is -2.17. The highest BCUT2D eigenvalue weighted by Crippen LogP contribution is 2.08. The molecule has 0 bridgehead atoms. The van der Waals surface area contributed by atoms with E-state index in [9.17, 15) is 4.79 Å². The van der Waals surface area contributed by atoms with Crippen LogP contribution in [0.15, 0.2) is 17.2 Å². The first-order valence-electron chi connectivity index (χ1n) is 4.98. The van der Waals surface area contributed by atoms with Gasteiger partial charge in [-0.2, -0.15) is 4.52 Å². The van der Waals surface area contributed by atoms with Crippen LogP contribution < -0.4 is 10.3 Å². The number of aryl methyl sites for hydroxylation is 1. The average molecular weight is 207 g/mol. The van der Waals surface area contributed by atoms with Gasteiger partial charge < -0.3 is 4.74 Å². The first kappa shape index (κ1) is 9.76. The summed E-state index contributed by atoms with van der Waals surface area (Å²) in [5.74, 6) is 0.277. The highest BCUT2D eigenvalue weighted by Gasteiger charge is 2.08. The maximum Gasteiger partial charge on any atom is 0.315 e. The SMILES string of the molecule is CCOc1cnc2c(CC)c[nH]n2c1=O. The van der Waals surface area contributed by atoms with Gasteiger partial charge in [-0.3, -0.25) is 9.89 Å². The number of aromatic amines is 1. The molecule has 0 spiro atoms. The molecule has 1 N–H and O–H groups in total. The third-order valence-electron chi connectivity index (χ3n) is 2.27. The van der Waals surface area contributed by atoms with Crippen molar-refractivity contribution < 1.29 is 4.74 Å². The molecule has 0 fully saturated rings. The van der Waals surface area contributed by atoms with E-state index in [2.05, 4.69) is 10.1 Å². The fourth-order valence-electron chi connectivity index (χ4n) is 1.51. The van der Waals surface area contributed by atoms with Gasteiger partial charge >= 0.3 is 5.56 Å². The summed E-state index contributed by atoms with van der Waals surface area (Å²) in [7, 11) is 0. The first-order valence-corrected chi connectivity index (χ1v) is 4.98. The number of aromatic nitrogens is 3. The van der Waals surface area contributed by atoms with Crippen molar-refractivity contribution in [3.05, 3.63) is 28.3 Å². The number of rotatable bonds is 3. The Morgan fingerprint density at radius 2 is 2.33 bits per heavy atom. The van der Waals surface area contributed by atoms with Crippen LogP contribution in [-0.2, 0) is 6.42 Å². The quantitative estimate of drug-likeness (QED) is 0.816. The van der Waals surface area contributed by atoms with Crippen molar-refractivity contribution in [3.63, 3.8) is 0 Å². The molecule has 2 heterocycles. The van der Waals surface area contributed by atoms with Crippen LogP contribution in [0.5, 0.6) is 5.75 Å². The number of nitrogens with zero attached hydrogens (tertiary/aromatic N) is 2. The second-order valence-corrected chi connectivity index (χ2v) is 3.17. The molecule has 0 aliphatic heterocycles. The summed E-state index contributed by atoms with van der Waals surface area (Å²) in [6, 6.07) is 0. The van der Waals surface area contributed by atoms with Gasteiger partial charge in [0.1, 0.15) is 0 Å². The minimum atomic E-state index is -0.193. The molecule has 0 unspecified atom stereocenters. The van der Waals surface area contributed by atoms with Crippen molar-refractivity contribution in [2.45, 2.75) is 20.3 Å². The number of fused-ring (bicyclic) bond motifs is 1. The van der Waals surface area contributed by atoms with Crippen molar-refractivity contribution in [1.82, 2.24) is 14.6 Å². The van der Waals surface area contributed by atoms with Crippen LogP contribution in [0, 0.1) is 0 Å². The van der Waals surface area contributed by atoms with E-state index in [1.54, 1.807) is 6.20 Å². The van der Waals surface area contributed by atoms with Crippen LogP contribution in [0.3, 0.4) is 0 Å². The van der Waals surface area contributed by atoms with Crippen LogP contribution in [0.4, 0.5) is 0 Å². The van der Waals surface area contributed by atoms with E-state index in [0.29, 0.717) is 12.3 Å². The summed E-state index contributed by atoms with van der Waals surface area (Å²) < 4.78 is 6.58. The van der Waals surface area contributed by atoms with Crippen molar-refractivity contribution >= 4 is 5.65 Å². The second kappa shape index (κ2) is 3.76. The highest BCUT2D eigenvalue weighted by atomic mass is 16.5. The molecule has 0 aromatic carbocycles. The smallest absolute Gasteiger partial charge is 0.315 e. The summed E-state index contributed by atoms with van der Waals surface area (Å²) in [4.78, 5) is 16.0. The Kier molecular flexibility index (Phi) is 2.45. The zero-order chi connectivity index (χ0) is 10.8. The molecule has 5 nitrogen and oxygen atoms in total. The third-order valence-corrected chi connectivity index (χ3v) is 2.27. The normalized spacial score (nSPS) is 10.8. The van der Waals surface area contributed by atoms with E-state index in [0.717, 1.165) is 12.0 Å². The Morgan fingerprint density at radius 3 is 3.00 bits per heavy atom. The molecular formula is C10H13N3O2. The fraction of sp³-hybridized carbons (Fsp3) is 0.400. The van der Waals surface area contributed by atoms with E-state index in [1.807, 2.05) is 13.8 Å². The lowest BCUT2D eigenvalue weighted by molar-refractivity contribution is 0.332. The Hall–Kier alpha value is -1.78. The molecule has 2 rings (SSSR count). The van der Waals surface area contributed by atoms with Gasteiger partial charge in [0.25, 0.3) is 0 Å². The van der Waals surface area contributed by atoms with Crippen LogP contribution in [-0.4, -0.2) is 21.2 Å². The van der Waals surface area contributed by atoms with Crippen molar-refractivity contribution in [3.8, 4) is 5.75 Å². The number of ether oxygens (including phenoxy) is 1. The Morgan fingerprint density at radius 1 is 1.53 bits per heavy atom. The number of H-pyrrole nitrogens is 1. The summed E-state index contributed by atoms with van der Waals surface area (Å²) in [5, 5.41) is 2.87. The topological polar surface area (TPSA) is 59.4 Å². The zero-order valence-electron chi connectivity index (χ0n) is 8.78. The second-order valence-electron chi connectivity index (χ2n) is 3.17. The molecule has 15 heavy (non-hydrogen) atoms. The number of nitrogens with one attached hydrogen (secondary N) is 1. The summed E-state index contributed by atoms with van der Waals surface area (Å²) in [5.41, 5.74) is 1.50. The molecule has 80 valence electrons. The molecule has 0 saturated carbocycles.